The number of fused-ring (bicyclic) bond motifs is 1. The fraction of sp³-hybridized carbons (Fsp3) is 0.316. The molecule has 9 heteroatoms. The standard InChI is InChI=1S/C19H22N6O2S/c1-2-11-28(26,27)24-14-6-3-5-13(12-14)18-17(15-8-9-21-19(20)22-15)16-7-4-10-25(16)23-18/h3,5-6,8-9,12,24H,2,4,7,10-11H2,1H3,(H2,20,21,22). The summed E-state index contributed by atoms with van der Waals surface area (Å²) < 4.78 is 28.9. The number of hydrogen-bond donors (Lipinski definition) is 2. The maximum Gasteiger partial charge on any atom is 0.232 e. The zero-order chi connectivity index (χ0) is 19.7. The molecule has 1 aromatic carbocycles. The Morgan fingerprint density at radius 1 is 1.29 bits per heavy atom. The molecule has 0 bridgehead atoms. The van der Waals surface area contributed by atoms with Gasteiger partial charge in [0, 0.05) is 35.2 Å². The maximum atomic E-state index is 12.1. The number of rotatable bonds is 6. The van der Waals surface area contributed by atoms with Crippen molar-refractivity contribution in [3.63, 3.8) is 0 Å². The van der Waals surface area contributed by atoms with Gasteiger partial charge >= 0.3 is 0 Å². The molecule has 0 fully saturated rings. The van der Waals surface area contributed by atoms with E-state index in [9.17, 15) is 8.42 Å². The minimum Gasteiger partial charge on any atom is -0.368 e. The molecule has 0 saturated carbocycles. The highest BCUT2D eigenvalue weighted by atomic mass is 32.2. The van der Waals surface area contributed by atoms with Gasteiger partial charge in [-0.3, -0.25) is 9.40 Å². The lowest BCUT2D eigenvalue weighted by Gasteiger charge is -2.09. The van der Waals surface area contributed by atoms with Crippen LogP contribution in [0.1, 0.15) is 25.5 Å². The van der Waals surface area contributed by atoms with Gasteiger partial charge in [-0.15, -0.1) is 0 Å². The van der Waals surface area contributed by atoms with Crippen LogP contribution in [0.15, 0.2) is 36.5 Å². The third-order valence-corrected chi connectivity index (χ3v) is 6.15. The summed E-state index contributed by atoms with van der Waals surface area (Å²) >= 11 is 0. The number of nitrogens with two attached hydrogens (primary N) is 1. The van der Waals surface area contributed by atoms with E-state index in [1.807, 2.05) is 29.8 Å². The highest BCUT2D eigenvalue weighted by molar-refractivity contribution is 7.92. The lowest BCUT2D eigenvalue weighted by atomic mass is 10.0. The molecule has 0 aliphatic carbocycles. The summed E-state index contributed by atoms with van der Waals surface area (Å²) in [6.45, 7) is 2.69. The largest absolute Gasteiger partial charge is 0.368 e. The molecule has 4 rings (SSSR count). The van der Waals surface area contributed by atoms with Crippen molar-refractivity contribution in [3.8, 4) is 22.5 Å². The smallest absolute Gasteiger partial charge is 0.232 e. The summed E-state index contributed by atoms with van der Waals surface area (Å²) in [7, 11) is -3.36. The SMILES string of the molecule is CCCS(=O)(=O)Nc1cccc(-c2nn3c(c2-c2ccnc(N)n2)CCC3)c1. The van der Waals surface area contributed by atoms with Crippen molar-refractivity contribution in [1.82, 2.24) is 19.7 Å². The zero-order valence-corrected chi connectivity index (χ0v) is 16.4. The van der Waals surface area contributed by atoms with Crippen LogP contribution < -0.4 is 10.5 Å². The van der Waals surface area contributed by atoms with Gasteiger partial charge in [0.05, 0.1) is 11.4 Å². The molecule has 1 aliphatic rings. The van der Waals surface area contributed by atoms with Crippen molar-refractivity contribution in [3.05, 3.63) is 42.2 Å². The van der Waals surface area contributed by atoms with Gasteiger partial charge < -0.3 is 5.73 Å². The predicted octanol–water partition coefficient (Wildman–Crippen LogP) is 2.69. The lowest BCUT2D eigenvalue weighted by molar-refractivity contribution is 0.600. The predicted molar refractivity (Wildman–Crippen MR) is 109 cm³/mol. The molecule has 8 nitrogen and oxygen atoms in total. The summed E-state index contributed by atoms with van der Waals surface area (Å²) in [5.41, 5.74) is 10.7. The molecule has 2 aromatic heterocycles. The molecule has 0 amide bonds. The van der Waals surface area contributed by atoms with E-state index in [2.05, 4.69) is 14.7 Å². The van der Waals surface area contributed by atoms with Crippen LogP contribution in [0.3, 0.4) is 0 Å². The van der Waals surface area contributed by atoms with Crippen molar-refractivity contribution in [2.24, 2.45) is 0 Å². The molecule has 0 spiro atoms. The highest BCUT2D eigenvalue weighted by Gasteiger charge is 2.25. The van der Waals surface area contributed by atoms with Crippen LogP contribution >= 0.6 is 0 Å². The van der Waals surface area contributed by atoms with E-state index in [0.29, 0.717) is 12.1 Å². The first-order valence-electron chi connectivity index (χ1n) is 9.26. The number of sulfonamides is 1. The number of hydrogen-bond acceptors (Lipinski definition) is 6. The molecule has 0 atom stereocenters. The average Bonchev–Trinajstić information content (AvgIpc) is 3.22. The number of aryl methyl sites for hydroxylation is 1. The molecule has 28 heavy (non-hydrogen) atoms. The number of benzene rings is 1. The summed E-state index contributed by atoms with van der Waals surface area (Å²) in [4.78, 5) is 8.37. The zero-order valence-electron chi connectivity index (χ0n) is 15.6. The molecular weight excluding hydrogens is 376 g/mol. The quantitative estimate of drug-likeness (QED) is 0.659. The van der Waals surface area contributed by atoms with Crippen LogP contribution in [0.2, 0.25) is 0 Å². The van der Waals surface area contributed by atoms with Crippen LogP contribution in [-0.2, 0) is 23.0 Å². The molecule has 3 heterocycles. The molecule has 3 N–H and O–H groups in total. The molecule has 0 saturated heterocycles. The lowest BCUT2D eigenvalue weighted by Crippen LogP contribution is -2.16. The van der Waals surface area contributed by atoms with E-state index in [0.717, 1.165) is 47.6 Å². The normalized spacial score (nSPS) is 13.5. The number of aromatic nitrogens is 4. The minimum absolute atomic E-state index is 0.0848. The summed E-state index contributed by atoms with van der Waals surface area (Å²) in [5.74, 6) is 0.295. The van der Waals surface area contributed by atoms with Gasteiger partial charge in [-0.25, -0.2) is 18.4 Å². The maximum absolute atomic E-state index is 12.1. The Morgan fingerprint density at radius 2 is 2.14 bits per heavy atom. The molecule has 0 radical (unpaired) electrons. The number of anilines is 2. The first-order chi connectivity index (χ1) is 13.5. The Morgan fingerprint density at radius 3 is 2.93 bits per heavy atom. The Bertz CT molecular complexity index is 1120. The third kappa shape index (κ3) is 3.57. The van der Waals surface area contributed by atoms with E-state index in [-0.39, 0.29) is 11.7 Å². The van der Waals surface area contributed by atoms with E-state index in [1.165, 1.54) is 0 Å². The number of nitrogens with zero attached hydrogens (tertiary/aromatic N) is 4. The van der Waals surface area contributed by atoms with Crippen LogP contribution in [0.25, 0.3) is 22.5 Å². The molecule has 0 unspecified atom stereocenters. The Balaban J connectivity index is 1.79. The van der Waals surface area contributed by atoms with Gasteiger partial charge in [-0.05, 0) is 37.5 Å². The highest BCUT2D eigenvalue weighted by Crippen LogP contribution is 2.37. The van der Waals surface area contributed by atoms with Gasteiger partial charge in [0.1, 0.15) is 5.69 Å². The van der Waals surface area contributed by atoms with Crippen LogP contribution in [-0.4, -0.2) is 33.9 Å². The summed E-state index contributed by atoms with van der Waals surface area (Å²) in [6.07, 6.45) is 4.14. The van der Waals surface area contributed by atoms with Gasteiger partial charge in [-0.2, -0.15) is 5.10 Å². The Kier molecular flexibility index (Phi) is 4.76. The van der Waals surface area contributed by atoms with E-state index in [1.54, 1.807) is 18.3 Å². The van der Waals surface area contributed by atoms with Gasteiger partial charge in [0.25, 0.3) is 0 Å². The van der Waals surface area contributed by atoms with Gasteiger partial charge in [-0.1, -0.05) is 19.1 Å². The third-order valence-electron chi connectivity index (χ3n) is 4.65. The van der Waals surface area contributed by atoms with Gasteiger partial charge in [0.2, 0.25) is 16.0 Å². The second-order valence-electron chi connectivity index (χ2n) is 6.80. The van der Waals surface area contributed by atoms with Crippen LogP contribution in [0.4, 0.5) is 11.6 Å². The van der Waals surface area contributed by atoms with Crippen molar-refractivity contribution >= 4 is 21.7 Å². The summed E-state index contributed by atoms with van der Waals surface area (Å²) in [5, 5.41) is 4.78. The molecule has 146 valence electrons. The second-order valence-corrected chi connectivity index (χ2v) is 8.64. The van der Waals surface area contributed by atoms with E-state index < -0.39 is 10.0 Å². The van der Waals surface area contributed by atoms with Crippen molar-refractivity contribution in [2.75, 3.05) is 16.2 Å². The van der Waals surface area contributed by atoms with Crippen molar-refractivity contribution < 1.29 is 8.42 Å². The minimum atomic E-state index is -3.36. The molecule has 3 aromatic rings. The first kappa shape index (κ1) is 18.4. The molecule has 1 aliphatic heterocycles. The summed E-state index contributed by atoms with van der Waals surface area (Å²) in [6, 6.07) is 9.11. The second kappa shape index (κ2) is 7.23. The Hall–Kier alpha value is -2.94. The monoisotopic (exact) mass is 398 g/mol. The van der Waals surface area contributed by atoms with Crippen molar-refractivity contribution in [1.29, 1.82) is 0 Å². The number of nitrogens with one attached hydrogen (secondary N) is 1. The van der Waals surface area contributed by atoms with Crippen LogP contribution in [0.5, 0.6) is 0 Å². The van der Waals surface area contributed by atoms with E-state index in [4.69, 9.17) is 10.8 Å². The van der Waals surface area contributed by atoms with Crippen LogP contribution in [0, 0.1) is 0 Å². The number of nitrogen functional groups attached to an aromatic ring is 1. The average molecular weight is 398 g/mol. The van der Waals surface area contributed by atoms with Gasteiger partial charge in [0.15, 0.2) is 0 Å². The fourth-order valence-corrected chi connectivity index (χ4v) is 4.67. The topological polar surface area (TPSA) is 116 Å². The Labute approximate surface area is 163 Å². The fourth-order valence-electron chi connectivity index (χ4n) is 3.55. The molecular formula is C19H22N6O2S. The van der Waals surface area contributed by atoms with E-state index >= 15 is 0 Å². The van der Waals surface area contributed by atoms with Crippen molar-refractivity contribution in [2.45, 2.75) is 32.7 Å². The first-order valence-corrected chi connectivity index (χ1v) is 10.9.